The Morgan fingerprint density at radius 2 is 2.22 bits per heavy atom. The van der Waals surface area contributed by atoms with Crippen LogP contribution in [0.2, 0.25) is 0 Å². The van der Waals surface area contributed by atoms with E-state index in [1.165, 1.54) is 0 Å². The fourth-order valence-corrected chi connectivity index (χ4v) is 7.68. The van der Waals surface area contributed by atoms with Crippen molar-refractivity contribution >= 4 is 5.91 Å². The predicted octanol–water partition coefficient (Wildman–Crippen LogP) is 3.81. The lowest BCUT2D eigenvalue weighted by Crippen LogP contribution is -2.68. The van der Waals surface area contributed by atoms with Gasteiger partial charge < -0.3 is 19.5 Å². The Bertz CT molecular complexity index is 1340. The average molecular weight is 499 g/mol. The minimum absolute atomic E-state index is 0.118. The molecule has 0 radical (unpaired) electrons. The maximum atomic E-state index is 13.3. The van der Waals surface area contributed by atoms with Crippen molar-refractivity contribution in [3.05, 3.63) is 65.2 Å². The van der Waals surface area contributed by atoms with E-state index in [1.54, 1.807) is 18.1 Å². The van der Waals surface area contributed by atoms with E-state index in [-0.39, 0.29) is 29.2 Å². The van der Waals surface area contributed by atoms with Gasteiger partial charge in [0.25, 0.3) is 5.91 Å². The largest absolute Gasteiger partial charge is 0.508 e. The number of aromatic hydroxyl groups is 1. The Morgan fingerprint density at radius 3 is 2.97 bits per heavy atom. The van der Waals surface area contributed by atoms with Gasteiger partial charge in [0.2, 0.25) is 0 Å². The van der Waals surface area contributed by atoms with Gasteiger partial charge in [-0.25, -0.2) is 0 Å². The number of hydrogen-bond donors (Lipinski definition) is 1. The summed E-state index contributed by atoms with van der Waals surface area (Å²) in [7, 11) is 3.47. The number of aryl methyl sites for hydroxylation is 1. The smallest absolute Gasteiger partial charge is 0.298 e. The number of carbonyl (C=O) groups excluding carboxylic acids is 1. The van der Waals surface area contributed by atoms with Crippen LogP contribution in [-0.2, 0) is 16.6 Å². The van der Waals surface area contributed by atoms with Gasteiger partial charge in [-0.2, -0.15) is 0 Å². The third-order valence-corrected chi connectivity index (χ3v) is 9.22. The fraction of sp³-hybridized carbons (Fsp3) is 0.452. The van der Waals surface area contributed by atoms with Crippen molar-refractivity contribution in [1.29, 1.82) is 0 Å². The number of hydrogen-bond acceptors (Lipinski definition) is 5. The van der Waals surface area contributed by atoms with Gasteiger partial charge in [0.15, 0.2) is 11.5 Å². The minimum atomic E-state index is -0.265. The highest BCUT2D eigenvalue weighted by Crippen LogP contribution is 2.65. The number of amides is 1. The number of phenols is 1. The highest BCUT2D eigenvalue weighted by atomic mass is 16.5. The van der Waals surface area contributed by atoms with Gasteiger partial charge in [-0.15, -0.1) is 6.58 Å². The molecule has 37 heavy (non-hydrogen) atoms. The Kier molecular flexibility index (Phi) is 5.72. The molecule has 6 heteroatoms. The van der Waals surface area contributed by atoms with Crippen molar-refractivity contribution < 1.29 is 19.4 Å². The Morgan fingerprint density at radius 1 is 1.38 bits per heavy atom. The summed E-state index contributed by atoms with van der Waals surface area (Å²) in [6.45, 7) is 7.76. The van der Waals surface area contributed by atoms with Gasteiger partial charge in [-0.05, 0) is 62.8 Å². The first-order chi connectivity index (χ1) is 17.9. The van der Waals surface area contributed by atoms with Crippen LogP contribution >= 0.6 is 0 Å². The van der Waals surface area contributed by atoms with E-state index in [4.69, 9.17) is 9.47 Å². The van der Waals surface area contributed by atoms with Gasteiger partial charge in [-0.3, -0.25) is 9.69 Å². The molecular weight excluding hydrogens is 464 g/mol. The molecule has 1 saturated heterocycles. The molecule has 2 fully saturated rings. The maximum Gasteiger partial charge on any atom is 0.298 e. The van der Waals surface area contributed by atoms with Crippen LogP contribution in [0.4, 0.5) is 0 Å². The monoisotopic (exact) mass is 498 g/mol. The summed E-state index contributed by atoms with van der Waals surface area (Å²) in [5, 5.41) is 11.1. The molecule has 192 valence electrons. The number of carbonyl (C=O) groups is 1. The van der Waals surface area contributed by atoms with Crippen molar-refractivity contribution in [2.75, 3.05) is 27.2 Å². The number of piperidine rings is 1. The van der Waals surface area contributed by atoms with Crippen molar-refractivity contribution in [2.45, 2.75) is 56.2 Å². The lowest BCUT2D eigenvalue weighted by molar-refractivity contribution is -0.134. The van der Waals surface area contributed by atoms with Crippen LogP contribution in [0.25, 0.3) is 0 Å². The predicted molar refractivity (Wildman–Crippen MR) is 142 cm³/mol. The number of rotatable bonds is 4. The van der Waals surface area contributed by atoms with E-state index in [1.807, 2.05) is 44.3 Å². The zero-order chi connectivity index (χ0) is 25.9. The molecule has 2 heterocycles. The number of ether oxygens (including phenoxy) is 2. The number of nitrogens with zero attached hydrogens (tertiary/aromatic N) is 2. The third kappa shape index (κ3) is 3.48. The Hall–Kier alpha value is -3.43. The Balaban J connectivity index is 1.40. The van der Waals surface area contributed by atoms with E-state index in [0.29, 0.717) is 17.7 Å². The van der Waals surface area contributed by atoms with E-state index >= 15 is 0 Å². The molecule has 1 spiro atoms. The van der Waals surface area contributed by atoms with E-state index in [9.17, 15) is 9.90 Å². The molecule has 6 nitrogen and oxygen atoms in total. The maximum absolute atomic E-state index is 13.3. The fourth-order valence-electron chi connectivity index (χ4n) is 7.68. The summed E-state index contributed by atoms with van der Waals surface area (Å²) < 4.78 is 12.5. The zero-order valence-corrected chi connectivity index (χ0v) is 21.8. The van der Waals surface area contributed by atoms with Gasteiger partial charge >= 0.3 is 0 Å². The Labute approximate surface area is 218 Å². The summed E-state index contributed by atoms with van der Waals surface area (Å²) in [6.07, 6.45) is 5.30. The summed E-state index contributed by atoms with van der Waals surface area (Å²) in [5.41, 5.74) is 3.78. The van der Waals surface area contributed by atoms with Crippen molar-refractivity contribution in [2.24, 2.45) is 5.92 Å². The molecule has 5 atom stereocenters. The van der Waals surface area contributed by atoms with Crippen LogP contribution in [0, 0.1) is 24.7 Å². The molecule has 1 saturated carbocycles. The van der Waals surface area contributed by atoms with Gasteiger partial charge in [-0.1, -0.05) is 24.1 Å². The number of methoxy groups -OCH3 is 1. The zero-order valence-electron chi connectivity index (χ0n) is 21.8. The topological polar surface area (TPSA) is 62.2 Å². The third-order valence-electron chi connectivity index (χ3n) is 9.22. The first kappa shape index (κ1) is 23.9. The number of phenolic OH excluding ortho intramolecular Hbond substituents is 1. The van der Waals surface area contributed by atoms with E-state index in [0.717, 1.165) is 66.8 Å². The van der Waals surface area contributed by atoms with Crippen LogP contribution in [-0.4, -0.2) is 66.2 Å². The highest BCUT2D eigenvalue weighted by molar-refractivity contribution is 5.94. The number of likely N-dealkylation sites (N-methyl/N-ethyl adjacent to an activating group) is 1. The molecule has 6 rings (SSSR count). The number of benzene rings is 2. The lowest BCUT2D eigenvalue weighted by atomic mass is 9.51. The van der Waals surface area contributed by atoms with Crippen molar-refractivity contribution in [3.63, 3.8) is 0 Å². The van der Waals surface area contributed by atoms with Gasteiger partial charge in [0, 0.05) is 53.7 Å². The SMILES string of the molecule is C=CCN1CC[C@]23c4c5c(O)cc(OC)c4O[C@H]2[C@H](N(C)C(=O)C#Cc2cccc(C)c2)CC[C@H]3[C@H]1C5. The first-order valence-electron chi connectivity index (χ1n) is 13.2. The van der Waals surface area contributed by atoms with Crippen LogP contribution in [0.15, 0.2) is 43.0 Å². The molecule has 2 aromatic rings. The molecule has 0 aromatic heterocycles. The number of likely N-dealkylation sites (tertiary alicyclic amines) is 1. The average Bonchev–Trinajstić information content (AvgIpc) is 3.23. The molecule has 1 amide bonds. The second kappa shape index (κ2) is 8.85. The summed E-state index contributed by atoms with van der Waals surface area (Å²) in [5.74, 6) is 7.69. The molecule has 4 aliphatic rings. The normalized spacial score (nSPS) is 28.8. The molecule has 1 N–H and O–H groups in total. The van der Waals surface area contributed by atoms with Crippen LogP contribution in [0.1, 0.15) is 41.5 Å². The molecule has 0 unspecified atom stereocenters. The van der Waals surface area contributed by atoms with Crippen molar-refractivity contribution in [3.8, 4) is 29.1 Å². The van der Waals surface area contributed by atoms with Crippen LogP contribution in [0.5, 0.6) is 17.2 Å². The highest BCUT2D eigenvalue weighted by Gasteiger charge is 2.66. The van der Waals surface area contributed by atoms with Crippen LogP contribution in [0.3, 0.4) is 0 Å². The second-order valence-electron chi connectivity index (χ2n) is 11.0. The van der Waals surface area contributed by atoms with E-state index in [2.05, 4.69) is 23.3 Å². The van der Waals surface area contributed by atoms with Gasteiger partial charge in [0.1, 0.15) is 11.9 Å². The second-order valence-corrected chi connectivity index (χ2v) is 11.0. The van der Waals surface area contributed by atoms with Gasteiger partial charge in [0.05, 0.1) is 13.2 Å². The minimum Gasteiger partial charge on any atom is -0.508 e. The first-order valence-corrected chi connectivity index (χ1v) is 13.2. The van der Waals surface area contributed by atoms with Crippen molar-refractivity contribution in [1.82, 2.24) is 9.80 Å². The summed E-state index contributed by atoms with van der Waals surface area (Å²) in [4.78, 5) is 17.6. The van der Waals surface area contributed by atoms with Crippen LogP contribution < -0.4 is 9.47 Å². The molecule has 2 aliphatic carbocycles. The quantitative estimate of drug-likeness (QED) is 0.513. The molecular formula is C31H34N2O4. The summed E-state index contributed by atoms with van der Waals surface area (Å²) >= 11 is 0. The molecule has 2 bridgehead atoms. The molecule has 2 aromatic carbocycles. The summed E-state index contributed by atoms with van der Waals surface area (Å²) in [6, 6.07) is 9.76. The van der Waals surface area contributed by atoms with E-state index < -0.39 is 0 Å². The lowest BCUT2D eigenvalue weighted by Gasteiger charge is -2.60. The standard InChI is InChI=1S/C31H34N2O4/c1-5-14-33-15-13-31-22-10-11-23(32(3)27(35)12-9-20-8-6-7-19(2)16-20)30(31)37-29-26(36-4)18-25(34)21(28(29)31)17-24(22)33/h5-8,16,18,22-24,30,34H,1,10-11,13-15,17H2,2-4H3/t22-,23+,24+,30-,31-/m0/s1. The molecule has 2 aliphatic heterocycles.